The van der Waals surface area contributed by atoms with E-state index in [0.717, 1.165) is 29.9 Å². The second kappa shape index (κ2) is 4.60. The first-order valence-corrected chi connectivity index (χ1v) is 6.41. The van der Waals surface area contributed by atoms with E-state index >= 15 is 0 Å². The van der Waals surface area contributed by atoms with E-state index in [4.69, 9.17) is 4.74 Å². The molecule has 1 aliphatic heterocycles. The maximum atomic E-state index is 6.01. The minimum absolute atomic E-state index is 0.291. The van der Waals surface area contributed by atoms with Gasteiger partial charge in [0.05, 0.1) is 0 Å². The summed E-state index contributed by atoms with van der Waals surface area (Å²) in [5, 5.41) is 0. The molecule has 2 heteroatoms. The fourth-order valence-corrected chi connectivity index (χ4v) is 2.27. The van der Waals surface area contributed by atoms with Crippen LogP contribution in [0.15, 0.2) is 51.9 Å². The number of aliphatic imine (C=N–C) groups is 1. The molecule has 96 valence electrons. The van der Waals surface area contributed by atoms with Crippen LogP contribution in [0.1, 0.15) is 40.5 Å². The number of nitrogens with zero attached hydrogens (tertiary/aromatic N) is 1. The van der Waals surface area contributed by atoms with Crippen LogP contribution in [0, 0.1) is 0 Å². The molecule has 2 rings (SSSR count). The van der Waals surface area contributed by atoms with E-state index in [-0.39, 0.29) is 5.60 Å². The molecule has 0 aromatic carbocycles. The second-order valence-corrected chi connectivity index (χ2v) is 5.60. The molecule has 18 heavy (non-hydrogen) atoms. The van der Waals surface area contributed by atoms with Gasteiger partial charge in [-0.3, -0.25) is 4.99 Å². The van der Waals surface area contributed by atoms with Gasteiger partial charge >= 0.3 is 0 Å². The zero-order chi connectivity index (χ0) is 13.3. The molecule has 2 nitrogen and oxygen atoms in total. The van der Waals surface area contributed by atoms with Crippen LogP contribution in [-0.2, 0) is 4.74 Å². The molecule has 0 fully saturated rings. The summed E-state index contributed by atoms with van der Waals surface area (Å²) in [7, 11) is 0. The Morgan fingerprint density at radius 2 is 2.11 bits per heavy atom. The van der Waals surface area contributed by atoms with Crippen molar-refractivity contribution in [3.05, 3.63) is 46.9 Å². The van der Waals surface area contributed by atoms with E-state index in [0.29, 0.717) is 0 Å². The monoisotopic (exact) mass is 243 g/mol. The van der Waals surface area contributed by atoms with Gasteiger partial charge in [0, 0.05) is 18.2 Å². The Morgan fingerprint density at radius 1 is 1.39 bits per heavy atom. The third-order valence-corrected chi connectivity index (χ3v) is 3.06. The van der Waals surface area contributed by atoms with Crippen LogP contribution in [-0.4, -0.2) is 11.8 Å². The first kappa shape index (κ1) is 12.9. The van der Waals surface area contributed by atoms with Crippen LogP contribution in [0.25, 0.3) is 0 Å². The van der Waals surface area contributed by atoms with Gasteiger partial charge < -0.3 is 4.74 Å². The average molecular weight is 243 g/mol. The summed E-state index contributed by atoms with van der Waals surface area (Å²) >= 11 is 0. The van der Waals surface area contributed by atoms with Crippen molar-refractivity contribution in [1.82, 2.24) is 0 Å². The van der Waals surface area contributed by atoms with Crippen molar-refractivity contribution in [2.45, 2.75) is 46.1 Å². The molecular formula is C16H21NO. The lowest BCUT2D eigenvalue weighted by Crippen LogP contribution is -2.30. The van der Waals surface area contributed by atoms with Crippen LogP contribution in [0.3, 0.4) is 0 Å². The Balaban J connectivity index is 2.49. The fraction of sp³-hybridized carbons (Fsp3) is 0.438. The van der Waals surface area contributed by atoms with Gasteiger partial charge in [0.2, 0.25) is 0 Å². The third kappa shape index (κ3) is 2.47. The molecular weight excluding hydrogens is 222 g/mol. The smallest absolute Gasteiger partial charge is 0.138 e. The van der Waals surface area contributed by atoms with Gasteiger partial charge in [-0.25, -0.2) is 0 Å². The molecule has 0 unspecified atom stereocenters. The van der Waals surface area contributed by atoms with E-state index in [9.17, 15) is 0 Å². The highest BCUT2D eigenvalue weighted by atomic mass is 16.5. The van der Waals surface area contributed by atoms with Crippen molar-refractivity contribution >= 4 is 6.21 Å². The summed E-state index contributed by atoms with van der Waals surface area (Å²) in [6, 6.07) is 0. The quantitative estimate of drug-likeness (QED) is 0.707. The Morgan fingerprint density at radius 3 is 2.72 bits per heavy atom. The molecule has 0 saturated heterocycles. The first-order chi connectivity index (χ1) is 8.43. The lowest BCUT2D eigenvalue weighted by Gasteiger charge is -2.32. The average Bonchev–Trinajstić information content (AvgIpc) is 2.27. The summed E-state index contributed by atoms with van der Waals surface area (Å²) in [6.45, 7) is 12.2. The minimum Gasteiger partial charge on any atom is -0.484 e. The highest BCUT2D eigenvalue weighted by molar-refractivity contribution is 5.72. The second-order valence-electron chi connectivity index (χ2n) is 5.60. The lowest BCUT2D eigenvalue weighted by atomic mass is 9.91. The van der Waals surface area contributed by atoms with Gasteiger partial charge in [-0.05, 0) is 39.7 Å². The normalized spacial score (nSPS) is 21.3. The molecule has 0 amide bonds. The molecule has 0 N–H and O–H groups in total. The largest absolute Gasteiger partial charge is 0.484 e. The van der Waals surface area contributed by atoms with Crippen LogP contribution in [0.2, 0.25) is 0 Å². The van der Waals surface area contributed by atoms with E-state index in [1.807, 2.05) is 26.1 Å². The molecule has 0 bridgehead atoms. The Hall–Kier alpha value is -1.57. The van der Waals surface area contributed by atoms with Crippen LogP contribution in [0.5, 0.6) is 0 Å². The van der Waals surface area contributed by atoms with Gasteiger partial charge in [-0.15, -0.1) is 0 Å². The highest BCUT2D eigenvalue weighted by Gasteiger charge is 2.29. The van der Waals surface area contributed by atoms with Crippen LogP contribution < -0.4 is 0 Å². The maximum Gasteiger partial charge on any atom is 0.138 e. The molecule has 1 heterocycles. The molecule has 0 aromatic rings. The molecule has 0 saturated carbocycles. The molecule has 0 spiro atoms. The number of rotatable bonds is 2. The summed E-state index contributed by atoms with van der Waals surface area (Å²) in [6.07, 6.45) is 7.89. The zero-order valence-corrected chi connectivity index (χ0v) is 11.7. The summed E-state index contributed by atoms with van der Waals surface area (Å²) in [5.41, 5.74) is 4.38. The standard InChI is InChI=1S/C16H21NO/c1-6-12-7-8-14-15(13(12)9-11(2)3)17-10-16(4,5)18-14/h6,9-10H,1,7-8H2,2-5H3. The summed E-state index contributed by atoms with van der Waals surface area (Å²) < 4.78 is 6.01. The molecule has 0 atom stereocenters. The number of allylic oxidation sites excluding steroid dienone is 5. The van der Waals surface area contributed by atoms with Gasteiger partial charge in [-0.2, -0.15) is 0 Å². The third-order valence-electron chi connectivity index (χ3n) is 3.06. The first-order valence-electron chi connectivity index (χ1n) is 6.41. The predicted molar refractivity (Wildman–Crippen MR) is 76.6 cm³/mol. The fourth-order valence-electron chi connectivity index (χ4n) is 2.27. The molecule has 2 aliphatic rings. The minimum atomic E-state index is -0.291. The maximum absolute atomic E-state index is 6.01. The summed E-state index contributed by atoms with van der Waals surface area (Å²) in [4.78, 5) is 4.62. The van der Waals surface area contributed by atoms with Gasteiger partial charge in [-0.1, -0.05) is 24.3 Å². The van der Waals surface area contributed by atoms with E-state index in [1.165, 1.54) is 11.1 Å². The highest BCUT2D eigenvalue weighted by Crippen LogP contribution is 2.37. The van der Waals surface area contributed by atoms with Crippen molar-refractivity contribution in [2.24, 2.45) is 4.99 Å². The number of hydrogen-bond acceptors (Lipinski definition) is 2. The lowest BCUT2D eigenvalue weighted by molar-refractivity contribution is 0.0862. The van der Waals surface area contributed by atoms with E-state index < -0.39 is 0 Å². The van der Waals surface area contributed by atoms with Gasteiger partial charge in [0.15, 0.2) is 0 Å². The molecule has 0 aromatic heterocycles. The zero-order valence-electron chi connectivity index (χ0n) is 11.7. The Kier molecular flexibility index (Phi) is 3.29. The number of hydrogen-bond donors (Lipinski definition) is 0. The van der Waals surface area contributed by atoms with Crippen molar-refractivity contribution in [3.63, 3.8) is 0 Å². The Bertz CT molecular complexity index is 497. The van der Waals surface area contributed by atoms with Crippen molar-refractivity contribution in [1.29, 1.82) is 0 Å². The van der Waals surface area contributed by atoms with E-state index in [1.54, 1.807) is 0 Å². The van der Waals surface area contributed by atoms with E-state index in [2.05, 4.69) is 31.5 Å². The SMILES string of the molecule is C=CC1=C(C=C(C)C)C2=C(CC1)OC(C)(C)C=N2. The molecule has 1 aliphatic carbocycles. The predicted octanol–water partition coefficient (Wildman–Crippen LogP) is 4.32. The van der Waals surface area contributed by atoms with Crippen molar-refractivity contribution in [3.8, 4) is 0 Å². The number of ether oxygens (including phenoxy) is 1. The van der Waals surface area contributed by atoms with Gasteiger partial charge in [0.1, 0.15) is 17.1 Å². The molecule has 0 radical (unpaired) electrons. The van der Waals surface area contributed by atoms with Crippen molar-refractivity contribution < 1.29 is 4.74 Å². The van der Waals surface area contributed by atoms with Crippen LogP contribution in [0.4, 0.5) is 0 Å². The van der Waals surface area contributed by atoms with Crippen LogP contribution >= 0.6 is 0 Å². The Labute approximate surface area is 109 Å². The summed E-state index contributed by atoms with van der Waals surface area (Å²) in [5.74, 6) is 1.01. The van der Waals surface area contributed by atoms with Crippen molar-refractivity contribution in [2.75, 3.05) is 0 Å². The van der Waals surface area contributed by atoms with Gasteiger partial charge in [0.25, 0.3) is 0 Å². The topological polar surface area (TPSA) is 21.6 Å².